The van der Waals surface area contributed by atoms with Crippen LogP contribution in [0.3, 0.4) is 0 Å². The van der Waals surface area contributed by atoms with Gasteiger partial charge in [0.05, 0.1) is 12.2 Å². The number of nitrogens with one attached hydrogen (secondary N) is 1. The Hall–Kier alpha value is -0.650. The zero-order valence-corrected chi connectivity index (χ0v) is 25.6. The highest BCUT2D eigenvalue weighted by Gasteiger charge is 2.64. The topological polar surface area (TPSA) is 72.8 Å². The van der Waals surface area contributed by atoms with Crippen LogP contribution in [0, 0.1) is 52.3 Å². The van der Waals surface area contributed by atoms with Gasteiger partial charge < -0.3 is 20.4 Å². The average molecular weight is 533 g/mol. The first kappa shape index (κ1) is 30.3. The Morgan fingerprint density at radius 1 is 0.974 bits per heavy atom. The van der Waals surface area contributed by atoms with Gasteiger partial charge in [0.25, 0.3) is 0 Å². The second-order valence-electron chi connectivity index (χ2n) is 14.9. The number of hydrogen-bond acceptors (Lipinski definition) is 4. The van der Waals surface area contributed by atoms with Crippen molar-refractivity contribution in [2.75, 3.05) is 27.2 Å². The van der Waals surface area contributed by atoms with Crippen LogP contribution in [-0.2, 0) is 4.79 Å². The molecule has 220 valence electrons. The maximum absolute atomic E-state index is 12.6. The molecule has 5 heteroatoms. The molecule has 3 N–H and O–H groups in total. The van der Waals surface area contributed by atoms with Crippen LogP contribution in [0.25, 0.3) is 0 Å². The number of amides is 1. The lowest BCUT2D eigenvalue weighted by molar-refractivity contribution is -0.203. The third-order valence-electron chi connectivity index (χ3n) is 12.6. The molecule has 4 rings (SSSR count). The largest absolute Gasteiger partial charge is 0.393 e. The smallest absolute Gasteiger partial charge is 0.220 e. The zero-order chi connectivity index (χ0) is 27.7. The van der Waals surface area contributed by atoms with E-state index in [-0.39, 0.29) is 28.9 Å². The number of hydrogen-bond donors (Lipinski definition) is 3. The summed E-state index contributed by atoms with van der Waals surface area (Å²) in [7, 11) is 4.22. The van der Waals surface area contributed by atoms with Crippen molar-refractivity contribution in [3.05, 3.63) is 0 Å². The van der Waals surface area contributed by atoms with Crippen LogP contribution in [0.15, 0.2) is 0 Å². The molecule has 5 nitrogen and oxygen atoms in total. The van der Waals surface area contributed by atoms with Gasteiger partial charge in [0.1, 0.15) is 0 Å². The Bertz CT molecular complexity index is 788. The number of carbonyl (C=O) groups is 1. The van der Waals surface area contributed by atoms with Gasteiger partial charge in [-0.1, -0.05) is 40.5 Å². The van der Waals surface area contributed by atoms with E-state index in [9.17, 15) is 15.0 Å². The maximum atomic E-state index is 12.6. The minimum Gasteiger partial charge on any atom is -0.393 e. The van der Waals surface area contributed by atoms with Gasteiger partial charge in [0, 0.05) is 13.0 Å². The van der Waals surface area contributed by atoms with E-state index in [2.05, 4.69) is 52.0 Å². The molecule has 0 aromatic rings. The minimum atomic E-state index is -0.226. The van der Waals surface area contributed by atoms with E-state index in [4.69, 9.17) is 0 Å². The first-order chi connectivity index (χ1) is 18.0. The van der Waals surface area contributed by atoms with E-state index in [0.29, 0.717) is 47.8 Å². The molecule has 0 bridgehead atoms. The van der Waals surface area contributed by atoms with Gasteiger partial charge in [-0.2, -0.15) is 0 Å². The molecule has 1 amide bonds. The zero-order valence-electron chi connectivity index (χ0n) is 25.6. The highest BCUT2D eigenvalue weighted by Crippen LogP contribution is 2.69. The first-order valence-electron chi connectivity index (χ1n) is 16.3. The standard InChI is InChI=1S/C33H60N2O3/c1-7-24-28-21-23(36)15-17-33(28,4)27-16-18-32(3)25(12-13-26(32)30(27)31(24)38)22(2)11-14-29(37)34-19-9-8-10-20-35(5)6/h22-28,30-31,36,38H,7-21H2,1-6H3,(H,34,37)/t22-,23-,24-,25-,26+,27+,28+,30+,31-,32-,33-/m1/s1. The van der Waals surface area contributed by atoms with Gasteiger partial charge in [0.15, 0.2) is 0 Å². The summed E-state index contributed by atoms with van der Waals surface area (Å²) >= 11 is 0. The van der Waals surface area contributed by atoms with E-state index >= 15 is 0 Å². The van der Waals surface area contributed by atoms with Crippen molar-refractivity contribution >= 4 is 5.91 Å². The van der Waals surface area contributed by atoms with Crippen molar-refractivity contribution in [2.24, 2.45) is 52.3 Å². The summed E-state index contributed by atoms with van der Waals surface area (Å²) in [6.07, 6.45) is 13.6. The fraction of sp³-hybridized carbons (Fsp3) is 0.970. The van der Waals surface area contributed by atoms with Crippen LogP contribution in [0.2, 0.25) is 0 Å². The van der Waals surface area contributed by atoms with Gasteiger partial charge >= 0.3 is 0 Å². The fourth-order valence-electron chi connectivity index (χ4n) is 10.5. The number of aliphatic hydroxyl groups excluding tert-OH is 2. The third-order valence-corrected chi connectivity index (χ3v) is 12.6. The summed E-state index contributed by atoms with van der Waals surface area (Å²) < 4.78 is 0. The number of fused-ring (bicyclic) bond motifs is 5. The molecule has 0 saturated heterocycles. The van der Waals surface area contributed by atoms with Crippen molar-refractivity contribution in [3.63, 3.8) is 0 Å². The number of rotatable bonds is 11. The fourth-order valence-corrected chi connectivity index (χ4v) is 10.5. The normalized spacial score (nSPS) is 43.3. The molecule has 0 spiro atoms. The molecule has 0 heterocycles. The molecule has 0 aromatic heterocycles. The third kappa shape index (κ3) is 5.86. The Morgan fingerprint density at radius 3 is 2.39 bits per heavy atom. The van der Waals surface area contributed by atoms with Gasteiger partial charge in [-0.25, -0.2) is 0 Å². The Morgan fingerprint density at radius 2 is 1.68 bits per heavy atom. The van der Waals surface area contributed by atoms with E-state index in [1.165, 1.54) is 38.5 Å². The number of nitrogens with zero attached hydrogens (tertiary/aromatic N) is 1. The summed E-state index contributed by atoms with van der Waals surface area (Å²) in [6.45, 7) is 11.6. The van der Waals surface area contributed by atoms with Crippen molar-refractivity contribution in [2.45, 2.75) is 123 Å². The van der Waals surface area contributed by atoms with Crippen LogP contribution >= 0.6 is 0 Å². The molecule has 11 atom stereocenters. The maximum Gasteiger partial charge on any atom is 0.220 e. The van der Waals surface area contributed by atoms with Crippen molar-refractivity contribution in [3.8, 4) is 0 Å². The summed E-state index contributed by atoms with van der Waals surface area (Å²) in [5.74, 6) is 3.79. The quantitative estimate of drug-likeness (QED) is 0.291. The molecular weight excluding hydrogens is 472 g/mol. The highest BCUT2D eigenvalue weighted by molar-refractivity contribution is 5.75. The highest BCUT2D eigenvalue weighted by atomic mass is 16.3. The number of carbonyl (C=O) groups excluding carboxylic acids is 1. The molecular formula is C33H60N2O3. The van der Waals surface area contributed by atoms with Crippen molar-refractivity contribution in [1.82, 2.24) is 10.2 Å². The second-order valence-corrected chi connectivity index (χ2v) is 14.9. The van der Waals surface area contributed by atoms with Gasteiger partial charge in [0.2, 0.25) is 5.91 Å². The number of unbranched alkanes of at least 4 members (excludes halogenated alkanes) is 2. The molecule has 38 heavy (non-hydrogen) atoms. The van der Waals surface area contributed by atoms with Gasteiger partial charge in [-0.3, -0.25) is 4.79 Å². The lowest BCUT2D eigenvalue weighted by Gasteiger charge is -2.64. The molecule has 0 unspecified atom stereocenters. The first-order valence-corrected chi connectivity index (χ1v) is 16.3. The Labute approximate surface area is 233 Å². The lowest BCUT2D eigenvalue weighted by Crippen LogP contribution is -2.62. The summed E-state index contributed by atoms with van der Waals surface area (Å²) in [5, 5.41) is 25.6. The monoisotopic (exact) mass is 532 g/mol. The lowest BCUT2D eigenvalue weighted by atomic mass is 9.41. The number of aliphatic hydroxyl groups is 2. The predicted octanol–water partition coefficient (Wildman–Crippen LogP) is 5.88. The summed E-state index contributed by atoms with van der Waals surface area (Å²) in [5.41, 5.74) is 0.541. The van der Waals surface area contributed by atoms with E-state index in [1.54, 1.807) is 0 Å². The van der Waals surface area contributed by atoms with Crippen LogP contribution in [-0.4, -0.2) is 60.4 Å². The molecule has 4 saturated carbocycles. The molecule has 4 fully saturated rings. The van der Waals surface area contributed by atoms with Gasteiger partial charge in [-0.05, 0) is 137 Å². The Kier molecular flexibility index (Phi) is 9.95. The van der Waals surface area contributed by atoms with Crippen LogP contribution < -0.4 is 5.32 Å². The predicted molar refractivity (Wildman–Crippen MR) is 156 cm³/mol. The summed E-state index contributed by atoms with van der Waals surface area (Å²) in [4.78, 5) is 14.8. The van der Waals surface area contributed by atoms with Crippen molar-refractivity contribution < 1.29 is 15.0 Å². The van der Waals surface area contributed by atoms with Gasteiger partial charge in [-0.15, -0.1) is 0 Å². The minimum absolute atomic E-state index is 0.184. The van der Waals surface area contributed by atoms with Crippen molar-refractivity contribution in [1.29, 1.82) is 0 Å². The van der Waals surface area contributed by atoms with Crippen LogP contribution in [0.4, 0.5) is 0 Å². The van der Waals surface area contributed by atoms with E-state index in [0.717, 1.165) is 51.6 Å². The second kappa shape index (κ2) is 12.5. The Balaban J connectivity index is 1.34. The average Bonchev–Trinajstić information content (AvgIpc) is 3.23. The van der Waals surface area contributed by atoms with Crippen LogP contribution in [0.1, 0.15) is 111 Å². The van der Waals surface area contributed by atoms with E-state index < -0.39 is 0 Å². The SMILES string of the molecule is CC[C@H]1[C@@H](O)[C@@H]2[C@H](CC[C@]3(C)[C@@H]([C@H](C)CCC(=O)NCCCCCN(C)C)CC[C@@H]23)[C@@]2(C)CC[C@@H](O)C[C@@H]12. The van der Waals surface area contributed by atoms with E-state index in [1.807, 2.05) is 0 Å². The molecule has 4 aliphatic carbocycles. The molecule has 0 radical (unpaired) electrons. The molecule has 0 aliphatic heterocycles. The van der Waals surface area contributed by atoms with Crippen LogP contribution in [0.5, 0.6) is 0 Å². The molecule has 4 aliphatic rings. The summed E-state index contributed by atoms with van der Waals surface area (Å²) in [6, 6.07) is 0. The molecule has 0 aromatic carbocycles.